The molecule has 1 aliphatic rings. The van der Waals surface area contributed by atoms with Gasteiger partial charge in [-0.3, -0.25) is 9.69 Å². The maximum absolute atomic E-state index is 11.6. The summed E-state index contributed by atoms with van der Waals surface area (Å²) in [6.45, 7) is 0.150. The summed E-state index contributed by atoms with van der Waals surface area (Å²) in [5.74, 6) is -0.831. The van der Waals surface area contributed by atoms with Crippen molar-refractivity contribution in [3.63, 3.8) is 0 Å². The minimum Gasteiger partial charge on any atom is -0.480 e. The van der Waals surface area contributed by atoms with Crippen molar-refractivity contribution in [3.05, 3.63) is 34.9 Å². The van der Waals surface area contributed by atoms with Crippen molar-refractivity contribution in [2.24, 2.45) is 0 Å². The second-order valence-corrected chi connectivity index (χ2v) is 7.58. The van der Waals surface area contributed by atoms with Gasteiger partial charge in [0.1, 0.15) is 0 Å². The molecule has 2 rings (SSSR count). The van der Waals surface area contributed by atoms with Crippen LogP contribution in [0, 0.1) is 0 Å². The van der Waals surface area contributed by atoms with E-state index in [4.69, 9.17) is 16.7 Å². The molecule has 1 aliphatic heterocycles. The largest absolute Gasteiger partial charge is 0.480 e. The molecule has 1 N–H and O–H groups in total. The Kier molecular flexibility index (Phi) is 4.67. The van der Waals surface area contributed by atoms with Gasteiger partial charge in [0.2, 0.25) is 0 Å². The molecule has 0 radical (unpaired) electrons. The number of aliphatic carboxylic acids is 1. The molecule has 1 heterocycles. The Morgan fingerprint density at radius 3 is 2.65 bits per heavy atom. The maximum atomic E-state index is 11.6. The summed E-state index contributed by atoms with van der Waals surface area (Å²) in [4.78, 5) is 12.7. The van der Waals surface area contributed by atoms with Gasteiger partial charge in [-0.15, -0.1) is 0 Å². The summed E-state index contributed by atoms with van der Waals surface area (Å²) in [6.07, 6.45) is 0.472. The van der Waals surface area contributed by atoms with Crippen LogP contribution in [-0.2, 0) is 21.2 Å². The van der Waals surface area contributed by atoms with E-state index >= 15 is 0 Å². The molecular weight excluding hydrogens is 302 g/mol. The average molecular weight is 318 g/mol. The zero-order chi connectivity index (χ0) is 14.8. The standard InChI is InChI=1S/C13H16ClNO4S/c14-12-4-2-1-3-10(12)7-15(8-13(16)17)11-5-6-20(18,19)9-11/h1-4,11H,5-9H2,(H,16,17)/t11-/m1/s1. The first-order chi connectivity index (χ1) is 9.37. The van der Waals surface area contributed by atoms with E-state index in [0.29, 0.717) is 18.0 Å². The lowest BCUT2D eigenvalue weighted by Gasteiger charge is -2.26. The fourth-order valence-corrected chi connectivity index (χ4v) is 4.35. The van der Waals surface area contributed by atoms with Crippen molar-refractivity contribution in [1.82, 2.24) is 4.90 Å². The second kappa shape index (κ2) is 6.11. The van der Waals surface area contributed by atoms with Gasteiger partial charge in [-0.2, -0.15) is 0 Å². The number of nitrogens with zero attached hydrogens (tertiary/aromatic N) is 1. The first kappa shape index (κ1) is 15.3. The molecular formula is C13H16ClNO4S. The average Bonchev–Trinajstić information content (AvgIpc) is 2.71. The van der Waals surface area contributed by atoms with Crippen molar-refractivity contribution in [2.45, 2.75) is 19.0 Å². The number of hydrogen-bond donors (Lipinski definition) is 1. The fraction of sp³-hybridized carbons (Fsp3) is 0.462. The molecule has 0 spiro atoms. The van der Waals surface area contributed by atoms with Gasteiger partial charge in [-0.25, -0.2) is 8.42 Å². The van der Waals surface area contributed by atoms with E-state index in [1.54, 1.807) is 17.0 Å². The summed E-state index contributed by atoms with van der Waals surface area (Å²) in [7, 11) is -3.05. The van der Waals surface area contributed by atoms with E-state index in [0.717, 1.165) is 5.56 Å². The highest BCUT2D eigenvalue weighted by molar-refractivity contribution is 7.91. The van der Waals surface area contributed by atoms with Crippen LogP contribution in [0.25, 0.3) is 0 Å². The molecule has 1 fully saturated rings. The third-order valence-corrected chi connectivity index (χ3v) is 5.51. The molecule has 0 aromatic heterocycles. The molecule has 0 saturated carbocycles. The maximum Gasteiger partial charge on any atom is 0.317 e. The summed E-state index contributed by atoms with van der Waals surface area (Å²) in [5, 5.41) is 9.56. The van der Waals surface area contributed by atoms with Gasteiger partial charge in [0.15, 0.2) is 9.84 Å². The van der Waals surface area contributed by atoms with Crippen molar-refractivity contribution >= 4 is 27.4 Å². The van der Waals surface area contributed by atoms with Gasteiger partial charge in [-0.1, -0.05) is 29.8 Å². The number of sulfone groups is 1. The van der Waals surface area contributed by atoms with Crippen LogP contribution in [0.1, 0.15) is 12.0 Å². The Hall–Kier alpha value is -1.11. The minimum atomic E-state index is -3.05. The van der Waals surface area contributed by atoms with E-state index in [9.17, 15) is 13.2 Å². The molecule has 1 aromatic carbocycles. The van der Waals surface area contributed by atoms with Crippen LogP contribution in [0.15, 0.2) is 24.3 Å². The molecule has 1 aromatic rings. The van der Waals surface area contributed by atoms with Crippen LogP contribution in [0.3, 0.4) is 0 Å². The van der Waals surface area contributed by atoms with Crippen LogP contribution in [0.2, 0.25) is 5.02 Å². The van der Waals surface area contributed by atoms with Crippen molar-refractivity contribution in [3.8, 4) is 0 Å². The SMILES string of the molecule is O=C(O)CN(Cc1ccccc1Cl)[C@@H]1CCS(=O)(=O)C1. The van der Waals surface area contributed by atoms with E-state index in [2.05, 4.69) is 0 Å². The molecule has 0 bridgehead atoms. The first-order valence-electron chi connectivity index (χ1n) is 6.27. The number of benzene rings is 1. The van der Waals surface area contributed by atoms with Crippen LogP contribution in [0.5, 0.6) is 0 Å². The lowest BCUT2D eigenvalue weighted by atomic mass is 10.1. The van der Waals surface area contributed by atoms with E-state index in [-0.39, 0.29) is 24.1 Å². The van der Waals surface area contributed by atoms with Crippen molar-refractivity contribution < 1.29 is 18.3 Å². The predicted octanol–water partition coefficient (Wildman–Crippen LogP) is 1.41. The predicted molar refractivity (Wildman–Crippen MR) is 76.6 cm³/mol. The van der Waals surface area contributed by atoms with E-state index < -0.39 is 15.8 Å². The number of carbonyl (C=O) groups is 1. The van der Waals surface area contributed by atoms with Gasteiger partial charge >= 0.3 is 5.97 Å². The molecule has 1 saturated heterocycles. The number of rotatable bonds is 5. The van der Waals surface area contributed by atoms with Gasteiger partial charge in [-0.05, 0) is 18.1 Å². The third kappa shape index (κ3) is 3.94. The van der Waals surface area contributed by atoms with Gasteiger partial charge < -0.3 is 5.11 Å². The topological polar surface area (TPSA) is 74.7 Å². The lowest BCUT2D eigenvalue weighted by Crippen LogP contribution is -2.39. The van der Waals surface area contributed by atoms with Gasteiger partial charge in [0.25, 0.3) is 0 Å². The van der Waals surface area contributed by atoms with Crippen molar-refractivity contribution in [1.29, 1.82) is 0 Å². The highest BCUT2D eigenvalue weighted by Gasteiger charge is 2.33. The zero-order valence-electron chi connectivity index (χ0n) is 10.8. The van der Waals surface area contributed by atoms with Gasteiger partial charge in [0, 0.05) is 17.6 Å². The summed E-state index contributed by atoms with van der Waals surface area (Å²) >= 11 is 6.08. The molecule has 5 nitrogen and oxygen atoms in total. The normalized spacial score (nSPS) is 21.2. The molecule has 0 amide bonds. The van der Waals surface area contributed by atoms with Crippen LogP contribution in [0.4, 0.5) is 0 Å². The molecule has 0 aliphatic carbocycles. The Morgan fingerprint density at radius 1 is 1.40 bits per heavy atom. The third-order valence-electron chi connectivity index (χ3n) is 3.39. The number of carboxylic acids is 1. The Labute approximate surface area is 123 Å². The van der Waals surface area contributed by atoms with Crippen LogP contribution < -0.4 is 0 Å². The smallest absolute Gasteiger partial charge is 0.317 e. The highest BCUT2D eigenvalue weighted by atomic mass is 35.5. The van der Waals surface area contributed by atoms with Crippen molar-refractivity contribution in [2.75, 3.05) is 18.1 Å². The first-order valence-corrected chi connectivity index (χ1v) is 8.47. The number of halogens is 1. The Morgan fingerprint density at radius 2 is 2.10 bits per heavy atom. The minimum absolute atomic E-state index is 0.0186. The van der Waals surface area contributed by atoms with Crippen LogP contribution in [-0.4, -0.2) is 48.5 Å². The summed E-state index contributed by atoms with van der Waals surface area (Å²) in [6, 6.07) is 6.92. The van der Waals surface area contributed by atoms with E-state index in [1.165, 1.54) is 0 Å². The van der Waals surface area contributed by atoms with Crippen LogP contribution >= 0.6 is 11.6 Å². The monoisotopic (exact) mass is 317 g/mol. The lowest BCUT2D eigenvalue weighted by molar-refractivity contribution is -0.139. The van der Waals surface area contributed by atoms with E-state index in [1.807, 2.05) is 12.1 Å². The second-order valence-electron chi connectivity index (χ2n) is 4.95. The number of hydrogen-bond acceptors (Lipinski definition) is 4. The fourth-order valence-electron chi connectivity index (χ4n) is 2.40. The Bertz CT molecular complexity index is 602. The molecule has 7 heteroatoms. The highest BCUT2D eigenvalue weighted by Crippen LogP contribution is 2.22. The molecule has 110 valence electrons. The molecule has 1 atom stereocenters. The summed E-state index contributed by atoms with van der Waals surface area (Å²) < 4.78 is 23.1. The quantitative estimate of drug-likeness (QED) is 0.889. The Balaban J connectivity index is 2.16. The zero-order valence-corrected chi connectivity index (χ0v) is 12.4. The summed E-state index contributed by atoms with van der Waals surface area (Å²) in [5.41, 5.74) is 0.805. The molecule has 20 heavy (non-hydrogen) atoms. The molecule has 0 unspecified atom stereocenters. The number of carboxylic acid groups (broad SMARTS) is 1. The van der Waals surface area contributed by atoms with Gasteiger partial charge in [0.05, 0.1) is 18.1 Å².